The van der Waals surface area contributed by atoms with Crippen LogP contribution in [0.5, 0.6) is 0 Å². The molecule has 0 N–H and O–H groups in total. The number of hydrogen-bond acceptors (Lipinski definition) is 8. The number of ether oxygens (including phenoxy) is 2. The van der Waals surface area contributed by atoms with Crippen LogP contribution in [0.3, 0.4) is 0 Å². The van der Waals surface area contributed by atoms with Crippen LogP contribution in [0.15, 0.2) is 0 Å². The molecule has 0 aromatic carbocycles. The highest BCUT2D eigenvalue weighted by Gasteiger charge is 2.45. The van der Waals surface area contributed by atoms with Crippen molar-refractivity contribution < 1.29 is 36.8 Å². The fraction of sp³-hybridized carbons (Fsp3) is 0.875. The lowest BCUT2D eigenvalue weighted by Gasteiger charge is -2.28. The highest BCUT2D eigenvalue weighted by molar-refractivity contribution is 6.53. The summed E-state index contributed by atoms with van der Waals surface area (Å²) in [6.07, 6.45) is 2.18. The Bertz CT molecular complexity index is 354. The first kappa shape index (κ1) is 24.0. The van der Waals surface area contributed by atoms with E-state index in [9.17, 15) is 9.59 Å². The first-order valence-electron chi connectivity index (χ1n) is 8.55. The Hall–Kier alpha value is -1.00. The molecular formula is C16H32O8Si. The van der Waals surface area contributed by atoms with E-state index < -0.39 is 21.3 Å². The molecule has 25 heavy (non-hydrogen) atoms. The highest BCUT2D eigenvalue weighted by atomic mass is 28.4. The number of carbonyl (C=O) groups excluding carboxylic acids is 2. The first-order chi connectivity index (χ1) is 11.8. The van der Waals surface area contributed by atoms with Gasteiger partial charge in [-0.15, -0.1) is 0 Å². The largest absolute Gasteiger partial charge is 0.679 e. The number of carbonyl (C=O) groups is 2. The summed E-state index contributed by atoms with van der Waals surface area (Å²) in [6, 6.07) is 0. The van der Waals surface area contributed by atoms with Crippen LogP contribution in [-0.2, 0) is 36.8 Å². The zero-order chi connectivity index (χ0) is 19.3. The van der Waals surface area contributed by atoms with Crippen molar-refractivity contribution in [3.63, 3.8) is 0 Å². The molecule has 0 rings (SSSR count). The molecule has 0 saturated carbocycles. The maximum atomic E-state index is 11.2. The van der Waals surface area contributed by atoms with Crippen molar-refractivity contribution in [3.8, 4) is 0 Å². The lowest BCUT2D eigenvalue weighted by Crippen LogP contribution is -2.50. The number of hydrogen-bond donors (Lipinski definition) is 0. The van der Waals surface area contributed by atoms with Gasteiger partial charge in [-0.05, 0) is 12.8 Å². The molecule has 0 heterocycles. The monoisotopic (exact) mass is 380 g/mol. The highest BCUT2D eigenvalue weighted by Crippen LogP contribution is 2.15. The zero-order valence-electron chi connectivity index (χ0n) is 16.2. The van der Waals surface area contributed by atoms with Gasteiger partial charge < -0.3 is 27.2 Å². The van der Waals surface area contributed by atoms with Crippen LogP contribution in [0.25, 0.3) is 0 Å². The van der Waals surface area contributed by atoms with Crippen molar-refractivity contribution in [2.24, 2.45) is 0 Å². The molecule has 2 unspecified atom stereocenters. The molecule has 0 aliphatic heterocycles. The molecule has 148 valence electrons. The van der Waals surface area contributed by atoms with Crippen LogP contribution >= 0.6 is 0 Å². The van der Waals surface area contributed by atoms with Crippen LogP contribution < -0.4 is 0 Å². The predicted molar refractivity (Wildman–Crippen MR) is 92.6 cm³/mol. The van der Waals surface area contributed by atoms with E-state index in [2.05, 4.69) is 0 Å². The van der Waals surface area contributed by atoms with Gasteiger partial charge in [0.15, 0.2) is 0 Å². The maximum absolute atomic E-state index is 11.2. The molecule has 0 aliphatic rings. The number of esters is 2. The van der Waals surface area contributed by atoms with Crippen LogP contribution in [0.1, 0.15) is 53.4 Å². The molecule has 0 fully saturated rings. The van der Waals surface area contributed by atoms with Gasteiger partial charge in [0.2, 0.25) is 0 Å². The second-order valence-corrected chi connectivity index (χ2v) is 7.96. The third-order valence-corrected chi connectivity index (χ3v) is 5.32. The van der Waals surface area contributed by atoms with Crippen LogP contribution in [-0.4, -0.2) is 60.6 Å². The molecule has 8 nitrogen and oxygen atoms in total. The minimum atomic E-state index is -3.41. The molecule has 0 aliphatic carbocycles. The third kappa shape index (κ3) is 10.6. The molecular weight excluding hydrogens is 348 g/mol. The van der Waals surface area contributed by atoms with Gasteiger partial charge in [0.25, 0.3) is 0 Å². The van der Waals surface area contributed by atoms with Crippen LogP contribution in [0, 0.1) is 0 Å². The predicted octanol–water partition coefficient (Wildman–Crippen LogP) is 2.21. The molecule has 0 aromatic rings. The maximum Gasteiger partial charge on any atom is 0.679 e. The van der Waals surface area contributed by atoms with Crippen molar-refractivity contribution in [2.45, 2.75) is 65.6 Å². The molecule has 0 spiro atoms. The van der Waals surface area contributed by atoms with E-state index in [0.717, 1.165) is 12.8 Å². The van der Waals surface area contributed by atoms with Crippen LogP contribution in [0.4, 0.5) is 0 Å². The summed E-state index contributed by atoms with van der Waals surface area (Å²) in [4.78, 5) is 22.3. The Morgan fingerprint density at radius 3 is 1.40 bits per heavy atom. The number of rotatable bonds is 14. The zero-order valence-corrected chi connectivity index (χ0v) is 17.2. The van der Waals surface area contributed by atoms with Crippen molar-refractivity contribution in [3.05, 3.63) is 0 Å². The quantitative estimate of drug-likeness (QED) is 0.335. The summed E-state index contributed by atoms with van der Waals surface area (Å²) in [6.45, 7) is 6.88. The van der Waals surface area contributed by atoms with E-state index >= 15 is 0 Å². The SMILES string of the molecule is CCCC(CO[Si](OC)(OC)OCC(CCC)OC(C)=O)OC(C)=O. The van der Waals surface area contributed by atoms with Crippen molar-refractivity contribution >= 4 is 21.0 Å². The average Bonchev–Trinajstić information content (AvgIpc) is 2.54. The Morgan fingerprint density at radius 1 is 0.800 bits per heavy atom. The van der Waals surface area contributed by atoms with E-state index in [1.165, 1.54) is 28.1 Å². The Kier molecular flexibility index (Phi) is 12.7. The van der Waals surface area contributed by atoms with Gasteiger partial charge in [-0.2, -0.15) is 0 Å². The van der Waals surface area contributed by atoms with Crippen LogP contribution in [0.2, 0.25) is 0 Å². The third-order valence-electron chi connectivity index (χ3n) is 3.28. The van der Waals surface area contributed by atoms with E-state index in [1.807, 2.05) is 13.8 Å². The van der Waals surface area contributed by atoms with Gasteiger partial charge in [0.1, 0.15) is 12.2 Å². The standard InChI is InChI=1S/C16H32O8Si/c1-7-9-15(23-13(3)17)11-21-25(19-5,20-6)22-12-16(10-8-2)24-14(4)18/h15-16H,7-12H2,1-6H3. The van der Waals surface area contributed by atoms with Gasteiger partial charge in [-0.25, -0.2) is 0 Å². The molecule has 0 aromatic heterocycles. The van der Waals surface area contributed by atoms with Gasteiger partial charge in [-0.3, -0.25) is 9.59 Å². The second-order valence-electron chi connectivity index (χ2n) is 5.57. The lowest BCUT2D eigenvalue weighted by atomic mass is 10.2. The summed E-state index contributed by atoms with van der Waals surface area (Å²) in [5, 5.41) is 0. The minimum Gasteiger partial charge on any atom is -0.460 e. The fourth-order valence-electron chi connectivity index (χ4n) is 2.22. The average molecular weight is 381 g/mol. The summed E-state index contributed by atoms with van der Waals surface area (Å²) >= 11 is 0. The Balaban J connectivity index is 4.78. The van der Waals surface area contributed by atoms with Gasteiger partial charge in [0, 0.05) is 28.1 Å². The van der Waals surface area contributed by atoms with Crippen molar-refractivity contribution in [1.82, 2.24) is 0 Å². The molecule has 0 saturated heterocycles. The summed E-state index contributed by atoms with van der Waals surface area (Å²) < 4.78 is 32.6. The minimum absolute atomic E-state index is 0.104. The second kappa shape index (κ2) is 13.2. The van der Waals surface area contributed by atoms with Crippen molar-refractivity contribution in [1.29, 1.82) is 0 Å². The molecule has 9 heteroatoms. The first-order valence-corrected chi connectivity index (χ1v) is 10.2. The Morgan fingerprint density at radius 2 is 1.16 bits per heavy atom. The summed E-state index contributed by atoms with van der Waals surface area (Å²) in [7, 11) is -0.556. The van der Waals surface area contributed by atoms with Gasteiger partial charge in [-0.1, -0.05) is 26.7 Å². The van der Waals surface area contributed by atoms with Crippen molar-refractivity contribution in [2.75, 3.05) is 27.4 Å². The fourth-order valence-corrected chi connectivity index (χ4v) is 3.72. The molecule has 0 amide bonds. The molecule has 0 bridgehead atoms. The smallest absolute Gasteiger partial charge is 0.460 e. The van der Waals surface area contributed by atoms with E-state index in [4.69, 9.17) is 27.2 Å². The van der Waals surface area contributed by atoms with E-state index in [0.29, 0.717) is 12.8 Å². The lowest BCUT2D eigenvalue weighted by molar-refractivity contribution is -0.151. The van der Waals surface area contributed by atoms with E-state index in [-0.39, 0.29) is 25.2 Å². The summed E-state index contributed by atoms with van der Waals surface area (Å²) in [5.74, 6) is -0.745. The topological polar surface area (TPSA) is 89.5 Å². The van der Waals surface area contributed by atoms with E-state index in [1.54, 1.807) is 0 Å². The van der Waals surface area contributed by atoms with Gasteiger partial charge >= 0.3 is 21.0 Å². The Labute approximate surface area is 151 Å². The van der Waals surface area contributed by atoms with Gasteiger partial charge in [0.05, 0.1) is 13.2 Å². The molecule has 2 atom stereocenters. The summed E-state index contributed by atoms with van der Waals surface area (Å²) in [5.41, 5.74) is 0. The molecule has 0 radical (unpaired) electrons. The normalized spacial score (nSPS) is 14.0.